The maximum absolute atomic E-state index is 12.7. The van der Waals surface area contributed by atoms with Crippen molar-refractivity contribution in [3.8, 4) is 0 Å². The van der Waals surface area contributed by atoms with Gasteiger partial charge in [0.05, 0.1) is 12.7 Å². The number of hydrogen-bond acceptors (Lipinski definition) is 5. The summed E-state index contributed by atoms with van der Waals surface area (Å²) in [5.41, 5.74) is 0. The van der Waals surface area contributed by atoms with Crippen molar-refractivity contribution in [3.05, 3.63) is 0 Å². The van der Waals surface area contributed by atoms with Crippen LogP contribution in [-0.2, 0) is 14.3 Å². The third-order valence-electron chi connectivity index (χ3n) is 5.12. The maximum Gasteiger partial charge on any atom is 0.225 e. The molecule has 134 valence electrons. The van der Waals surface area contributed by atoms with Gasteiger partial charge in [-0.1, -0.05) is 0 Å². The molecule has 1 saturated heterocycles. The van der Waals surface area contributed by atoms with Crippen molar-refractivity contribution in [3.63, 3.8) is 0 Å². The molecule has 1 unspecified atom stereocenters. The summed E-state index contributed by atoms with van der Waals surface area (Å²) in [4.78, 5) is 14.6. The molecule has 2 N–H and O–H groups in total. The van der Waals surface area contributed by atoms with Crippen LogP contribution in [0.3, 0.4) is 0 Å². The van der Waals surface area contributed by atoms with Gasteiger partial charge in [0.25, 0.3) is 0 Å². The van der Waals surface area contributed by atoms with Crippen LogP contribution in [0.5, 0.6) is 0 Å². The van der Waals surface area contributed by atoms with Crippen LogP contribution in [0.1, 0.15) is 38.5 Å². The average molecular weight is 328 g/mol. The SMILES string of the molecule is CN[C@H]1CC[C@@H](C(=O)N2CCO[C@@H](C(O)CCCCOC)C2)C1. The number of ether oxygens (including phenoxy) is 2. The molecule has 2 aliphatic rings. The lowest BCUT2D eigenvalue weighted by Gasteiger charge is -2.36. The molecule has 6 heteroatoms. The Hall–Kier alpha value is -0.690. The van der Waals surface area contributed by atoms with Gasteiger partial charge in [0.15, 0.2) is 0 Å². The second-order valence-electron chi connectivity index (χ2n) is 6.74. The highest BCUT2D eigenvalue weighted by Gasteiger charge is 2.35. The van der Waals surface area contributed by atoms with Gasteiger partial charge < -0.3 is 24.8 Å². The van der Waals surface area contributed by atoms with Crippen molar-refractivity contribution in [1.82, 2.24) is 10.2 Å². The van der Waals surface area contributed by atoms with Gasteiger partial charge in [-0.2, -0.15) is 0 Å². The molecular formula is C17H32N2O4. The van der Waals surface area contributed by atoms with Gasteiger partial charge in [0.1, 0.15) is 6.10 Å². The van der Waals surface area contributed by atoms with Crippen molar-refractivity contribution >= 4 is 5.91 Å². The van der Waals surface area contributed by atoms with E-state index in [1.54, 1.807) is 7.11 Å². The highest BCUT2D eigenvalue weighted by molar-refractivity contribution is 5.79. The fraction of sp³-hybridized carbons (Fsp3) is 0.941. The molecule has 0 aromatic rings. The van der Waals surface area contributed by atoms with E-state index in [4.69, 9.17) is 9.47 Å². The van der Waals surface area contributed by atoms with Crippen LogP contribution in [0.2, 0.25) is 0 Å². The van der Waals surface area contributed by atoms with E-state index in [1.807, 2.05) is 11.9 Å². The van der Waals surface area contributed by atoms with Gasteiger partial charge in [-0.3, -0.25) is 4.79 Å². The Labute approximate surface area is 139 Å². The number of nitrogens with zero attached hydrogens (tertiary/aromatic N) is 1. The minimum atomic E-state index is -0.504. The quantitative estimate of drug-likeness (QED) is 0.644. The molecule has 6 nitrogen and oxygen atoms in total. The van der Waals surface area contributed by atoms with E-state index < -0.39 is 6.10 Å². The summed E-state index contributed by atoms with van der Waals surface area (Å²) in [6.07, 6.45) is 4.76. The van der Waals surface area contributed by atoms with Crippen molar-refractivity contribution in [2.75, 3.05) is 40.5 Å². The normalized spacial score (nSPS) is 29.7. The summed E-state index contributed by atoms with van der Waals surface area (Å²) >= 11 is 0. The van der Waals surface area contributed by atoms with Crippen LogP contribution in [0.4, 0.5) is 0 Å². The smallest absolute Gasteiger partial charge is 0.225 e. The van der Waals surface area contributed by atoms with E-state index in [2.05, 4.69) is 5.32 Å². The number of aliphatic hydroxyl groups excluding tert-OH is 1. The lowest BCUT2D eigenvalue weighted by molar-refractivity contribution is -0.148. The predicted molar refractivity (Wildman–Crippen MR) is 88.2 cm³/mol. The first-order chi connectivity index (χ1) is 11.2. The van der Waals surface area contributed by atoms with Gasteiger partial charge in [0, 0.05) is 38.8 Å². The number of aliphatic hydroxyl groups is 1. The predicted octanol–water partition coefficient (Wildman–Crippen LogP) is 0.780. The fourth-order valence-electron chi connectivity index (χ4n) is 3.62. The maximum atomic E-state index is 12.7. The van der Waals surface area contributed by atoms with Crippen LogP contribution in [-0.4, -0.2) is 74.6 Å². The Balaban J connectivity index is 1.77. The van der Waals surface area contributed by atoms with E-state index >= 15 is 0 Å². The van der Waals surface area contributed by atoms with Crippen molar-refractivity contribution < 1.29 is 19.4 Å². The lowest BCUT2D eigenvalue weighted by atomic mass is 10.0. The Kier molecular flexibility index (Phi) is 7.76. The lowest BCUT2D eigenvalue weighted by Crippen LogP contribution is -2.51. The second kappa shape index (κ2) is 9.57. The summed E-state index contributed by atoms with van der Waals surface area (Å²) < 4.78 is 10.7. The number of methoxy groups -OCH3 is 1. The molecule has 0 radical (unpaired) electrons. The molecule has 0 aromatic heterocycles. The van der Waals surface area contributed by atoms with Crippen molar-refractivity contribution in [2.24, 2.45) is 5.92 Å². The number of morpholine rings is 1. The molecule has 1 saturated carbocycles. The number of nitrogens with one attached hydrogen (secondary N) is 1. The van der Waals surface area contributed by atoms with Crippen LogP contribution in [0.25, 0.3) is 0 Å². The second-order valence-corrected chi connectivity index (χ2v) is 6.74. The number of carbonyl (C=O) groups is 1. The Morgan fingerprint density at radius 3 is 2.96 bits per heavy atom. The van der Waals surface area contributed by atoms with E-state index in [-0.39, 0.29) is 17.9 Å². The minimum Gasteiger partial charge on any atom is -0.390 e. The van der Waals surface area contributed by atoms with Crippen LogP contribution in [0.15, 0.2) is 0 Å². The van der Waals surface area contributed by atoms with Gasteiger partial charge >= 0.3 is 0 Å². The van der Waals surface area contributed by atoms with Crippen LogP contribution < -0.4 is 5.32 Å². The summed E-state index contributed by atoms with van der Waals surface area (Å²) in [5, 5.41) is 13.6. The highest BCUT2D eigenvalue weighted by atomic mass is 16.5. The van der Waals surface area contributed by atoms with Crippen LogP contribution in [0, 0.1) is 5.92 Å². The molecule has 4 atom stereocenters. The summed E-state index contributed by atoms with van der Waals surface area (Å²) in [6.45, 7) is 2.41. The molecule has 0 spiro atoms. The largest absolute Gasteiger partial charge is 0.390 e. The van der Waals surface area contributed by atoms with Crippen molar-refractivity contribution in [1.29, 1.82) is 0 Å². The zero-order chi connectivity index (χ0) is 16.7. The summed E-state index contributed by atoms with van der Waals surface area (Å²) in [7, 11) is 3.65. The van der Waals surface area contributed by atoms with Gasteiger partial charge in [-0.25, -0.2) is 0 Å². The number of unbranched alkanes of at least 4 members (excludes halogenated alkanes) is 1. The molecule has 23 heavy (non-hydrogen) atoms. The van der Waals surface area contributed by atoms with Crippen molar-refractivity contribution in [2.45, 2.75) is 56.8 Å². The monoisotopic (exact) mass is 328 g/mol. The van der Waals surface area contributed by atoms with Crippen LogP contribution >= 0.6 is 0 Å². The Bertz CT molecular complexity index is 367. The Morgan fingerprint density at radius 1 is 1.43 bits per heavy atom. The number of rotatable bonds is 8. The highest BCUT2D eigenvalue weighted by Crippen LogP contribution is 2.28. The molecule has 1 aliphatic carbocycles. The Morgan fingerprint density at radius 2 is 2.26 bits per heavy atom. The third kappa shape index (κ3) is 5.41. The first-order valence-corrected chi connectivity index (χ1v) is 8.90. The molecule has 0 aromatic carbocycles. The topological polar surface area (TPSA) is 71.0 Å². The number of amides is 1. The van der Waals surface area contributed by atoms with Gasteiger partial charge in [0.2, 0.25) is 5.91 Å². The molecule has 2 fully saturated rings. The molecule has 1 heterocycles. The third-order valence-corrected chi connectivity index (χ3v) is 5.12. The summed E-state index contributed by atoms with van der Waals surface area (Å²) in [6, 6.07) is 0.465. The molecular weight excluding hydrogens is 296 g/mol. The molecule has 1 aliphatic heterocycles. The van der Waals surface area contributed by atoms with E-state index in [0.29, 0.717) is 32.2 Å². The van der Waals surface area contributed by atoms with E-state index in [0.717, 1.165) is 38.7 Å². The zero-order valence-corrected chi connectivity index (χ0v) is 14.5. The van der Waals surface area contributed by atoms with Gasteiger partial charge in [-0.15, -0.1) is 0 Å². The fourth-order valence-corrected chi connectivity index (χ4v) is 3.62. The first-order valence-electron chi connectivity index (χ1n) is 8.90. The average Bonchev–Trinajstić information content (AvgIpc) is 3.07. The zero-order valence-electron chi connectivity index (χ0n) is 14.5. The molecule has 0 bridgehead atoms. The number of carbonyl (C=O) groups excluding carboxylic acids is 1. The van der Waals surface area contributed by atoms with E-state index in [9.17, 15) is 9.90 Å². The molecule has 1 amide bonds. The molecule has 2 rings (SSSR count). The number of hydrogen-bond donors (Lipinski definition) is 2. The van der Waals surface area contributed by atoms with E-state index in [1.165, 1.54) is 0 Å². The minimum absolute atomic E-state index is 0.130. The first kappa shape index (κ1) is 18.6. The van der Waals surface area contributed by atoms with Gasteiger partial charge in [-0.05, 0) is 45.6 Å². The summed E-state index contributed by atoms with van der Waals surface area (Å²) in [5.74, 6) is 0.368. The standard InChI is InChI=1S/C17H32N2O4/c1-18-14-7-6-13(11-14)17(21)19-8-10-23-16(12-19)15(20)5-3-4-9-22-2/h13-16,18,20H,3-12H2,1-2H3/t13-,14+,15?,16-/m1/s1.